The summed E-state index contributed by atoms with van der Waals surface area (Å²) >= 11 is 1.14. The van der Waals surface area contributed by atoms with Gasteiger partial charge in [0, 0.05) is 25.4 Å². The number of nitrogens with two attached hydrogens (primary N) is 2. The fourth-order valence-corrected chi connectivity index (χ4v) is 3.46. The molecule has 1 aliphatic heterocycles. The van der Waals surface area contributed by atoms with Crippen molar-refractivity contribution in [1.29, 1.82) is 0 Å². The van der Waals surface area contributed by atoms with Crippen LogP contribution in [0.5, 0.6) is 0 Å². The molecule has 1 aliphatic rings. The Morgan fingerprint density at radius 3 is 2.68 bits per heavy atom. The van der Waals surface area contributed by atoms with E-state index in [1.54, 1.807) is 0 Å². The Kier molecular flexibility index (Phi) is 6.80. The summed E-state index contributed by atoms with van der Waals surface area (Å²) in [5, 5.41) is 13.1. The molecule has 1 fully saturated rings. The first-order valence-corrected chi connectivity index (χ1v) is 9.89. The van der Waals surface area contributed by atoms with Crippen LogP contribution in [0.3, 0.4) is 0 Å². The summed E-state index contributed by atoms with van der Waals surface area (Å²) in [7, 11) is 0. The molecule has 3 rings (SSSR count). The van der Waals surface area contributed by atoms with Crippen molar-refractivity contribution in [2.45, 2.75) is 11.5 Å². The topological polar surface area (TPSA) is 162 Å². The lowest BCUT2D eigenvalue weighted by molar-refractivity contribution is -0.145. The van der Waals surface area contributed by atoms with Crippen LogP contribution in [0.1, 0.15) is 17.7 Å². The number of hydrogen-bond donors (Lipinski definition) is 4. The minimum absolute atomic E-state index is 0.00581. The summed E-state index contributed by atoms with van der Waals surface area (Å²) in [6, 6.07) is 2.93. The Hall–Kier alpha value is -3.13. The van der Waals surface area contributed by atoms with Crippen molar-refractivity contribution in [2.24, 2.45) is 21.9 Å². The molecular formula is C17H18F3N7O3S. The number of thioether (sulfide) groups is 1. The molecule has 0 aliphatic carbocycles. The molecule has 2 heterocycles. The molecule has 14 heteroatoms. The Morgan fingerprint density at radius 1 is 1.32 bits per heavy atom. The van der Waals surface area contributed by atoms with Crippen LogP contribution in [0.25, 0.3) is 0 Å². The summed E-state index contributed by atoms with van der Waals surface area (Å²) in [6.45, 7) is 0.558. The lowest BCUT2D eigenvalue weighted by Gasteiger charge is -2.37. The van der Waals surface area contributed by atoms with E-state index in [1.165, 1.54) is 6.07 Å². The molecule has 0 radical (unpaired) electrons. The average molecular weight is 457 g/mol. The first-order chi connectivity index (χ1) is 14.7. The number of carbonyl (C=O) groups is 2. The second-order valence-corrected chi connectivity index (χ2v) is 7.66. The number of nitrogens with zero attached hydrogens (tertiary/aromatic N) is 3. The van der Waals surface area contributed by atoms with Crippen LogP contribution in [0.2, 0.25) is 0 Å². The third kappa shape index (κ3) is 4.80. The molecule has 2 aromatic rings. The Balaban J connectivity index is 1.61. The number of amides is 2. The second kappa shape index (κ2) is 9.34. The van der Waals surface area contributed by atoms with Crippen LogP contribution in [-0.4, -0.2) is 53.4 Å². The molecule has 166 valence electrons. The van der Waals surface area contributed by atoms with Crippen molar-refractivity contribution in [2.75, 3.05) is 25.4 Å². The van der Waals surface area contributed by atoms with E-state index >= 15 is 0 Å². The van der Waals surface area contributed by atoms with Gasteiger partial charge >= 0.3 is 0 Å². The Labute approximate surface area is 178 Å². The minimum atomic E-state index is -3.00. The standard InChI is InChI=1S/C17H18F3N7O3S/c18-10-2-1-8(5-9(10)12(19)20)25-13(21)11-14(27-30-26-11)31-4-3-24-16(29)17(15(22)28)6-23-7-17/h1-2,5,12,23H,3-4,6-7H2,(H2,21,25)(H2,22,28)(H,24,29). The van der Waals surface area contributed by atoms with E-state index in [9.17, 15) is 22.8 Å². The van der Waals surface area contributed by atoms with Gasteiger partial charge in [0.2, 0.25) is 11.8 Å². The van der Waals surface area contributed by atoms with E-state index in [1.807, 2.05) is 0 Å². The molecule has 0 unspecified atom stereocenters. The highest BCUT2D eigenvalue weighted by Gasteiger charge is 2.49. The summed E-state index contributed by atoms with van der Waals surface area (Å²) in [5.41, 5.74) is 9.20. The number of hydrogen-bond acceptors (Lipinski definition) is 8. The van der Waals surface area contributed by atoms with Crippen molar-refractivity contribution in [1.82, 2.24) is 20.9 Å². The second-order valence-electron chi connectivity index (χ2n) is 6.58. The lowest BCUT2D eigenvalue weighted by atomic mass is 9.80. The van der Waals surface area contributed by atoms with E-state index < -0.39 is 35.0 Å². The van der Waals surface area contributed by atoms with Gasteiger partial charge in [-0.05, 0) is 28.5 Å². The number of alkyl halides is 2. The number of carbonyl (C=O) groups excluding carboxylic acids is 2. The summed E-state index contributed by atoms with van der Waals surface area (Å²) in [4.78, 5) is 27.7. The molecule has 0 spiro atoms. The number of aliphatic imine (C=N–C) groups is 1. The van der Waals surface area contributed by atoms with Crippen LogP contribution < -0.4 is 22.1 Å². The third-order valence-corrected chi connectivity index (χ3v) is 5.50. The van der Waals surface area contributed by atoms with Gasteiger partial charge in [-0.2, -0.15) is 0 Å². The normalized spacial score (nSPS) is 15.5. The Morgan fingerprint density at radius 2 is 2.06 bits per heavy atom. The van der Waals surface area contributed by atoms with Gasteiger partial charge in [0.25, 0.3) is 6.43 Å². The first-order valence-electron chi connectivity index (χ1n) is 8.91. The van der Waals surface area contributed by atoms with Gasteiger partial charge in [0.05, 0.1) is 11.3 Å². The predicted octanol–water partition coefficient (Wildman–Crippen LogP) is 0.466. The van der Waals surface area contributed by atoms with Crippen LogP contribution >= 0.6 is 11.8 Å². The van der Waals surface area contributed by atoms with E-state index in [4.69, 9.17) is 11.5 Å². The van der Waals surface area contributed by atoms with Crippen molar-refractivity contribution in [3.8, 4) is 0 Å². The van der Waals surface area contributed by atoms with E-state index in [-0.39, 0.29) is 41.9 Å². The zero-order valence-corrected chi connectivity index (χ0v) is 16.7. The fourth-order valence-electron chi connectivity index (χ4n) is 2.69. The summed E-state index contributed by atoms with van der Waals surface area (Å²) in [5.74, 6) is -2.06. The van der Waals surface area contributed by atoms with Gasteiger partial charge in [0.1, 0.15) is 5.82 Å². The van der Waals surface area contributed by atoms with E-state index in [0.29, 0.717) is 5.75 Å². The van der Waals surface area contributed by atoms with Crippen LogP contribution in [0.15, 0.2) is 32.8 Å². The van der Waals surface area contributed by atoms with Gasteiger partial charge in [0.15, 0.2) is 22.0 Å². The highest BCUT2D eigenvalue weighted by atomic mass is 32.2. The summed E-state index contributed by atoms with van der Waals surface area (Å²) < 4.78 is 43.7. The van der Waals surface area contributed by atoms with Crippen LogP contribution in [-0.2, 0) is 9.59 Å². The Bertz CT molecular complexity index is 1010. The number of amidine groups is 1. The van der Waals surface area contributed by atoms with E-state index in [0.717, 1.165) is 23.9 Å². The SMILES string of the molecule is NC(=O)C1(C(=O)NCCSc2nonc2C(N)=Nc2ccc(F)c(C(F)F)c2)CNC1. The molecule has 10 nitrogen and oxygen atoms in total. The lowest BCUT2D eigenvalue weighted by Crippen LogP contribution is -2.67. The van der Waals surface area contributed by atoms with Crippen molar-refractivity contribution >= 4 is 35.1 Å². The maximum Gasteiger partial charge on any atom is 0.266 e. The molecule has 0 bridgehead atoms. The third-order valence-electron chi connectivity index (χ3n) is 4.55. The van der Waals surface area contributed by atoms with Gasteiger partial charge < -0.3 is 22.1 Å². The molecular weight excluding hydrogens is 439 g/mol. The maximum absolute atomic E-state index is 13.4. The van der Waals surface area contributed by atoms with Gasteiger partial charge in [-0.1, -0.05) is 11.8 Å². The smallest absolute Gasteiger partial charge is 0.266 e. The van der Waals surface area contributed by atoms with Crippen molar-refractivity contribution in [3.63, 3.8) is 0 Å². The molecule has 6 N–H and O–H groups in total. The molecule has 1 aromatic carbocycles. The zero-order valence-electron chi connectivity index (χ0n) is 15.9. The molecule has 1 saturated heterocycles. The number of aromatic nitrogens is 2. The van der Waals surface area contributed by atoms with E-state index in [2.05, 4.69) is 30.6 Å². The van der Waals surface area contributed by atoms with Gasteiger partial charge in [-0.25, -0.2) is 22.8 Å². The number of nitrogens with one attached hydrogen (secondary N) is 2. The highest BCUT2D eigenvalue weighted by Crippen LogP contribution is 2.27. The summed E-state index contributed by atoms with van der Waals surface area (Å²) in [6.07, 6.45) is -3.00. The molecule has 31 heavy (non-hydrogen) atoms. The molecule has 0 saturated carbocycles. The monoisotopic (exact) mass is 457 g/mol. The van der Waals surface area contributed by atoms with Gasteiger partial charge in [-0.15, -0.1) is 0 Å². The predicted molar refractivity (Wildman–Crippen MR) is 104 cm³/mol. The van der Waals surface area contributed by atoms with Crippen LogP contribution in [0, 0.1) is 11.2 Å². The molecule has 2 amide bonds. The fraction of sp³-hybridized carbons (Fsp3) is 0.353. The zero-order chi connectivity index (χ0) is 22.6. The van der Waals surface area contributed by atoms with Crippen LogP contribution in [0.4, 0.5) is 18.9 Å². The van der Waals surface area contributed by atoms with Gasteiger partial charge in [-0.3, -0.25) is 9.59 Å². The van der Waals surface area contributed by atoms with Crippen molar-refractivity contribution in [3.05, 3.63) is 35.3 Å². The number of benzene rings is 1. The first kappa shape index (κ1) is 22.6. The van der Waals surface area contributed by atoms with Crippen molar-refractivity contribution < 1.29 is 27.4 Å². The number of primary amides is 1. The number of rotatable bonds is 9. The molecule has 1 aromatic heterocycles. The quantitative estimate of drug-likeness (QED) is 0.139. The minimum Gasteiger partial charge on any atom is -0.382 e. The number of halogens is 3. The molecule has 0 atom stereocenters. The largest absolute Gasteiger partial charge is 0.382 e. The highest BCUT2D eigenvalue weighted by molar-refractivity contribution is 7.99. The average Bonchev–Trinajstić information content (AvgIpc) is 3.14. The maximum atomic E-state index is 13.4.